The monoisotopic (exact) mass is 789 g/mol. The van der Waals surface area contributed by atoms with Crippen molar-refractivity contribution in [1.82, 2.24) is 14.5 Å². The maximum Gasteiger partial charge on any atom is 0.424 e. The van der Waals surface area contributed by atoms with Crippen LogP contribution in [0.3, 0.4) is 0 Å². The first-order valence-electron chi connectivity index (χ1n) is 21.2. The van der Waals surface area contributed by atoms with E-state index in [4.69, 9.17) is 9.97 Å². The van der Waals surface area contributed by atoms with Crippen LogP contribution >= 0.6 is 0 Å². The van der Waals surface area contributed by atoms with Gasteiger partial charge in [0.1, 0.15) is 0 Å². The summed E-state index contributed by atoms with van der Waals surface area (Å²) in [5.74, 6) is 0.657. The lowest BCUT2D eigenvalue weighted by Crippen LogP contribution is -2.62. The number of benzene rings is 9. The van der Waals surface area contributed by atoms with Crippen molar-refractivity contribution in [2.24, 2.45) is 0 Å². The molecule has 0 amide bonds. The minimum absolute atomic E-state index is 0.290. The third-order valence-electron chi connectivity index (χ3n) is 12.8. The summed E-state index contributed by atoms with van der Waals surface area (Å²) < 4.78 is 2.38. The lowest BCUT2D eigenvalue weighted by atomic mass is 9.53. The Morgan fingerprint density at radius 3 is 1.77 bits per heavy atom. The zero-order chi connectivity index (χ0) is 40.7. The number of anilines is 4. The molecule has 4 heterocycles. The lowest BCUT2D eigenvalue weighted by molar-refractivity contribution is 1.13. The number of fused-ring (bicyclic) bond motifs is 8. The summed E-state index contributed by atoms with van der Waals surface area (Å²) in [6, 6.07) is 78.5. The highest BCUT2D eigenvalue weighted by Crippen LogP contribution is 2.49. The Morgan fingerprint density at radius 1 is 0.355 bits per heavy atom. The van der Waals surface area contributed by atoms with Gasteiger partial charge in [-0.1, -0.05) is 152 Å². The Hall–Kier alpha value is -8.22. The van der Waals surface area contributed by atoms with Crippen molar-refractivity contribution in [3.05, 3.63) is 218 Å². The number of hydrogen-bond acceptors (Lipinski definition) is 4. The molecule has 6 heteroatoms. The minimum atomic E-state index is -0.290. The molecule has 11 aromatic rings. The number of aromatic nitrogens is 3. The van der Waals surface area contributed by atoms with Gasteiger partial charge in [0.2, 0.25) is 5.95 Å². The summed E-state index contributed by atoms with van der Waals surface area (Å²) in [6.45, 7) is -0.290. The van der Waals surface area contributed by atoms with E-state index in [0.717, 1.165) is 50.5 Å². The second-order valence-electron chi connectivity index (χ2n) is 16.1. The fourth-order valence-electron chi connectivity index (χ4n) is 10.1. The van der Waals surface area contributed by atoms with E-state index in [1.807, 2.05) is 0 Å². The molecule has 0 unspecified atom stereocenters. The summed E-state index contributed by atoms with van der Waals surface area (Å²) in [5, 5.41) is 3.50. The number of para-hydroxylation sites is 5. The molecule has 0 spiro atoms. The second kappa shape index (κ2) is 13.7. The third-order valence-corrected chi connectivity index (χ3v) is 12.8. The number of nitrogens with zero attached hydrogens (tertiary/aromatic N) is 5. The fraction of sp³-hybridized carbons (Fsp3) is 0. The SMILES string of the molecule is c1ccc(-c2nc(N3B4c5c(cccc5-c5ccccc53)-c3cc(-c5ccc6c(c5)c5ccccc5n6-c5ccccc5)ccc3N4c3ccccc3)nc3ccccc23)cc1. The molecule has 13 rings (SSSR count). The lowest BCUT2D eigenvalue weighted by Gasteiger charge is -2.46. The van der Waals surface area contributed by atoms with Gasteiger partial charge in [-0.25, -0.2) is 9.97 Å². The summed E-state index contributed by atoms with van der Waals surface area (Å²) in [5.41, 5.74) is 18.1. The van der Waals surface area contributed by atoms with Gasteiger partial charge in [0.15, 0.2) is 0 Å². The topological polar surface area (TPSA) is 37.2 Å². The van der Waals surface area contributed by atoms with Crippen LogP contribution < -0.4 is 15.1 Å². The van der Waals surface area contributed by atoms with Crippen molar-refractivity contribution >= 4 is 68.2 Å². The molecule has 2 aliphatic rings. The zero-order valence-electron chi connectivity index (χ0n) is 33.6. The highest BCUT2D eigenvalue weighted by atomic mass is 15.3. The zero-order valence-corrected chi connectivity index (χ0v) is 33.6. The molecule has 0 radical (unpaired) electrons. The Kier molecular flexibility index (Phi) is 7.63. The van der Waals surface area contributed by atoms with Gasteiger partial charge < -0.3 is 14.2 Å². The Labute approximate surface area is 359 Å². The van der Waals surface area contributed by atoms with Crippen molar-refractivity contribution in [1.29, 1.82) is 0 Å². The Balaban J connectivity index is 1.04. The molecule has 2 aromatic heterocycles. The van der Waals surface area contributed by atoms with E-state index in [0.29, 0.717) is 5.95 Å². The molecule has 2 aliphatic heterocycles. The van der Waals surface area contributed by atoms with E-state index >= 15 is 0 Å². The molecule has 0 fully saturated rings. The van der Waals surface area contributed by atoms with E-state index in [1.165, 1.54) is 55.1 Å². The maximum absolute atomic E-state index is 5.51. The van der Waals surface area contributed by atoms with Crippen LogP contribution in [-0.4, -0.2) is 21.5 Å². The van der Waals surface area contributed by atoms with Gasteiger partial charge in [0.05, 0.1) is 22.2 Å². The summed E-state index contributed by atoms with van der Waals surface area (Å²) >= 11 is 0. The first-order chi connectivity index (χ1) is 30.8. The van der Waals surface area contributed by atoms with E-state index in [-0.39, 0.29) is 6.98 Å². The largest absolute Gasteiger partial charge is 0.424 e. The van der Waals surface area contributed by atoms with Crippen LogP contribution in [0.15, 0.2) is 218 Å². The van der Waals surface area contributed by atoms with Crippen molar-refractivity contribution in [2.75, 3.05) is 9.62 Å². The van der Waals surface area contributed by atoms with Crippen LogP contribution in [0.1, 0.15) is 0 Å². The highest BCUT2D eigenvalue weighted by molar-refractivity contribution is 6.86. The molecule has 288 valence electrons. The molecule has 0 aliphatic carbocycles. The van der Waals surface area contributed by atoms with Crippen molar-refractivity contribution in [3.8, 4) is 50.3 Å². The van der Waals surface area contributed by atoms with E-state index in [2.05, 4.69) is 233 Å². The van der Waals surface area contributed by atoms with E-state index in [9.17, 15) is 0 Å². The van der Waals surface area contributed by atoms with Crippen molar-refractivity contribution in [2.45, 2.75) is 0 Å². The molecule has 0 saturated carbocycles. The predicted molar refractivity (Wildman–Crippen MR) is 258 cm³/mol. The normalized spacial score (nSPS) is 12.7. The molecule has 5 nitrogen and oxygen atoms in total. The standard InChI is InChI=1S/C56H36BN5/c1-4-17-37(18-5-1)55-46-25-10-13-28-49(46)58-56(59-55)62-52-30-15-12-23-42(52)44-26-16-27-45-48-36-39(32-34-53(48)61(57(62)54(44)45)41-21-8-3-9-22-41)38-31-33-51-47(35-38)43-24-11-14-29-50(43)60(51)40-19-6-2-7-20-40/h1-36H. The molecule has 0 saturated heterocycles. The summed E-state index contributed by atoms with van der Waals surface area (Å²) in [4.78, 5) is 15.8. The van der Waals surface area contributed by atoms with Gasteiger partial charge in [0, 0.05) is 55.6 Å². The van der Waals surface area contributed by atoms with Crippen LogP contribution in [0, 0.1) is 0 Å². The van der Waals surface area contributed by atoms with Gasteiger partial charge in [-0.3, -0.25) is 0 Å². The van der Waals surface area contributed by atoms with Crippen LogP contribution in [0.2, 0.25) is 0 Å². The van der Waals surface area contributed by atoms with Gasteiger partial charge in [0.25, 0.3) is 0 Å². The molecular formula is C56H36BN5. The van der Waals surface area contributed by atoms with E-state index < -0.39 is 0 Å². The average Bonchev–Trinajstić information content (AvgIpc) is 3.68. The molecular weight excluding hydrogens is 753 g/mol. The molecule has 9 aromatic carbocycles. The van der Waals surface area contributed by atoms with Gasteiger partial charge in [-0.2, -0.15) is 0 Å². The minimum Gasteiger partial charge on any atom is -0.361 e. The first kappa shape index (κ1) is 34.6. The van der Waals surface area contributed by atoms with Gasteiger partial charge in [-0.15, -0.1) is 0 Å². The second-order valence-corrected chi connectivity index (χ2v) is 16.1. The van der Waals surface area contributed by atoms with Gasteiger partial charge >= 0.3 is 6.98 Å². The first-order valence-corrected chi connectivity index (χ1v) is 21.2. The molecule has 0 bridgehead atoms. The Bertz CT molecular complexity index is 3550. The summed E-state index contributed by atoms with van der Waals surface area (Å²) in [7, 11) is 0. The molecule has 62 heavy (non-hydrogen) atoms. The molecule has 0 atom stereocenters. The van der Waals surface area contributed by atoms with Crippen molar-refractivity contribution < 1.29 is 0 Å². The quantitative estimate of drug-likeness (QED) is 0.163. The predicted octanol–water partition coefficient (Wildman–Crippen LogP) is 13.4. The third kappa shape index (κ3) is 5.17. The average molecular weight is 790 g/mol. The smallest absolute Gasteiger partial charge is 0.361 e. The highest BCUT2D eigenvalue weighted by Gasteiger charge is 2.48. The van der Waals surface area contributed by atoms with Crippen molar-refractivity contribution in [3.63, 3.8) is 0 Å². The Morgan fingerprint density at radius 2 is 0.952 bits per heavy atom. The van der Waals surface area contributed by atoms with Crippen LogP contribution in [-0.2, 0) is 0 Å². The number of rotatable bonds is 5. The summed E-state index contributed by atoms with van der Waals surface area (Å²) in [6.07, 6.45) is 0. The van der Waals surface area contributed by atoms with Crippen LogP contribution in [0.5, 0.6) is 0 Å². The van der Waals surface area contributed by atoms with Crippen LogP contribution in [0.25, 0.3) is 83.0 Å². The van der Waals surface area contributed by atoms with E-state index in [1.54, 1.807) is 0 Å². The maximum atomic E-state index is 5.51. The number of hydrogen-bond donors (Lipinski definition) is 0. The van der Waals surface area contributed by atoms with Crippen LogP contribution in [0.4, 0.5) is 23.0 Å². The molecule has 0 N–H and O–H groups in total. The fourth-order valence-corrected chi connectivity index (χ4v) is 10.1. The van der Waals surface area contributed by atoms with Gasteiger partial charge in [-0.05, 0) is 94.4 Å².